The van der Waals surface area contributed by atoms with Crippen LogP contribution in [0.25, 0.3) is 11.4 Å². The maximum atomic E-state index is 11.4. The van der Waals surface area contributed by atoms with Crippen molar-refractivity contribution < 1.29 is 0 Å². The summed E-state index contributed by atoms with van der Waals surface area (Å²) in [6.45, 7) is 0. The lowest BCUT2D eigenvalue weighted by Crippen LogP contribution is -2.20. The van der Waals surface area contributed by atoms with Crippen molar-refractivity contribution >= 4 is 46.4 Å². The summed E-state index contributed by atoms with van der Waals surface area (Å²) in [6.07, 6.45) is 0. The summed E-state index contributed by atoms with van der Waals surface area (Å²) in [4.78, 5) is 21.4. The monoisotopic (exact) mass is 323 g/mol. The first-order valence-corrected chi connectivity index (χ1v) is 6.19. The molecule has 0 spiro atoms. The molecule has 94 valence electrons. The molecule has 0 saturated heterocycles. The summed E-state index contributed by atoms with van der Waals surface area (Å²) >= 11 is 22.8. The van der Waals surface area contributed by atoms with Crippen LogP contribution in [0.3, 0.4) is 0 Å². The predicted octanol–water partition coefficient (Wildman–Crippen LogP) is 3.31. The van der Waals surface area contributed by atoms with E-state index in [-0.39, 0.29) is 11.6 Å². The summed E-state index contributed by atoms with van der Waals surface area (Å²) in [5.41, 5.74) is -0.0442. The maximum absolute atomic E-state index is 11.4. The second-order valence-electron chi connectivity index (χ2n) is 3.33. The molecule has 8 heteroatoms. The van der Waals surface area contributed by atoms with Crippen LogP contribution in [0.2, 0.25) is 5.02 Å². The molecule has 0 amide bonds. The molecule has 0 aliphatic carbocycles. The number of nitrogens with one attached hydrogen (secondary N) is 1. The number of nitrogens with zero attached hydrogens (tertiary/aromatic N) is 2. The van der Waals surface area contributed by atoms with Gasteiger partial charge < -0.3 is 0 Å². The molecule has 0 saturated carbocycles. The highest BCUT2D eigenvalue weighted by Gasteiger charge is 2.27. The fraction of sp³-hybridized carbons (Fsp3) is 0.100. The molecule has 1 heterocycles. The fourth-order valence-corrected chi connectivity index (χ4v) is 1.64. The average Bonchev–Trinajstić information content (AvgIpc) is 2.28. The molecule has 0 radical (unpaired) electrons. The van der Waals surface area contributed by atoms with E-state index in [0.717, 1.165) is 0 Å². The molecule has 0 aliphatic rings. The zero-order chi connectivity index (χ0) is 13.3. The van der Waals surface area contributed by atoms with Crippen LogP contribution in [0, 0.1) is 0 Å². The largest absolute Gasteiger partial charge is 0.348 e. The number of hydrogen-bond donors (Lipinski definition) is 1. The molecule has 0 unspecified atom stereocenters. The van der Waals surface area contributed by atoms with Gasteiger partial charge in [0.1, 0.15) is 0 Å². The summed E-state index contributed by atoms with van der Waals surface area (Å²) in [7, 11) is 0. The molecule has 1 aromatic heterocycles. The van der Waals surface area contributed by atoms with Gasteiger partial charge in [-0.1, -0.05) is 46.4 Å². The normalized spacial score (nSPS) is 11.6. The number of rotatable bonds is 1. The summed E-state index contributed by atoms with van der Waals surface area (Å²) in [5.74, 6) is 0.0780. The van der Waals surface area contributed by atoms with Crippen LogP contribution in [0.15, 0.2) is 29.1 Å². The second-order valence-corrected chi connectivity index (χ2v) is 6.05. The van der Waals surface area contributed by atoms with Crippen LogP contribution in [-0.4, -0.2) is 15.0 Å². The van der Waals surface area contributed by atoms with Gasteiger partial charge >= 0.3 is 5.69 Å². The summed E-state index contributed by atoms with van der Waals surface area (Å²) in [6, 6.07) is 6.63. The zero-order valence-corrected chi connectivity index (χ0v) is 11.6. The van der Waals surface area contributed by atoms with Crippen molar-refractivity contribution in [3.63, 3.8) is 0 Å². The Balaban J connectivity index is 2.55. The Morgan fingerprint density at radius 2 is 1.67 bits per heavy atom. The van der Waals surface area contributed by atoms with E-state index in [2.05, 4.69) is 15.0 Å². The van der Waals surface area contributed by atoms with E-state index in [1.165, 1.54) is 0 Å². The minimum absolute atomic E-state index is 0.0857. The zero-order valence-electron chi connectivity index (χ0n) is 8.62. The lowest BCUT2D eigenvalue weighted by Gasteiger charge is -2.10. The van der Waals surface area contributed by atoms with Gasteiger partial charge in [0.15, 0.2) is 11.6 Å². The van der Waals surface area contributed by atoms with Gasteiger partial charge in [-0.15, -0.1) is 0 Å². The van der Waals surface area contributed by atoms with Crippen molar-refractivity contribution in [3.05, 3.63) is 45.6 Å². The summed E-state index contributed by atoms with van der Waals surface area (Å²) < 4.78 is -1.82. The van der Waals surface area contributed by atoms with Crippen molar-refractivity contribution in [1.29, 1.82) is 0 Å². The Morgan fingerprint density at radius 1 is 1.06 bits per heavy atom. The van der Waals surface area contributed by atoms with E-state index in [0.29, 0.717) is 10.6 Å². The molecular weight excluding hydrogens is 320 g/mol. The van der Waals surface area contributed by atoms with E-state index < -0.39 is 9.48 Å². The van der Waals surface area contributed by atoms with Crippen LogP contribution >= 0.6 is 46.4 Å². The Kier molecular flexibility index (Phi) is 3.82. The standard InChI is InChI=1S/C10H5Cl4N3O/c11-6-3-1-5(2-4-6)7-15-8(10(12,13)14)17-9(18)16-7/h1-4H,(H,15,16,17,18). The predicted molar refractivity (Wildman–Crippen MR) is 72.3 cm³/mol. The number of H-pyrrole nitrogens is 1. The van der Waals surface area contributed by atoms with E-state index in [4.69, 9.17) is 46.4 Å². The Hall–Kier alpha value is -0.810. The lowest BCUT2D eigenvalue weighted by molar-refractivity contribution is 0.888. The van der Waals surface area contributed by atoms with Gasteiger partial charge in [-0.05, 0) is 24.3 Å². The first-order chi connectivity index (χ1) is 8.36. The second kappa shape index (κ2) is 5.05. The molecule has 0 fully saturated rings. The first-order valence-electron chi connectivity index (χ1n) is 4.68. The number of halogens is 4. The van der Waals surface area contributed by atoms with Crippen LogP contribution in [0.1, 0.15) is 5.82 Å². The highest BCUT2D eigenvalue weighted by atomic mass is 35.6. The minimum Gasteiger partial charge on any atom is -0.290 e. The SMILES string of the molecule is O=c1nc(-c2ccc(Cl)cc2)nc(C(Cl)(Cl)Cl)[nH]1. The molecule has 0 bridgehead atoms. The van der Waals surface area contributed by atoms with Crippen molar-refractivity contribution in [2.24, 2.45) is 0 Å². The number of benzene rings is 1. The number of alkyl halides is 3. The number of aromatic amines is 1. The Bertz CT molecular complexity index is 618. The third-order valence-electron chi connectivity index (χ3n) is 2.02. The van der Waals surface area contributed by atoms with Gasteiger partial charge in [-0.2, -0.15) is 4.98 Å². The van der Waals surface area contributed by atoms with Gasteiger partial charge in [0, 0.05) is 10.6 Å². The van der Waals surface area contributed by atoms with E-state index in [1.807, 2.05) is 0 Å². The van der Waals surface area contributed by atoms with Gasteiger partial charge in [0.25, 0.3) is 0 Å². The molecule has 1 N–H and O–H groups in total. The highest BCUT2D eigenvalue weighted by Crippen LogP contribution is 2.35. The number of hydrogen-bond acceptors (Lipinski definition) is 3. The smallest absolute Gasteiger partial charge is 0.290 e. The van der Waals surface area contributed by atoms with Gasteiger partial charge in [0.05, 0.1) is 0 Å². The molecule has 0 aliphatic heterocycles. The van der Waals surface area contributed by atoms with Gasteiger partial charge in [-0.3, -0.25) is 4.98 Å². The highest BCUT2D eigenvalue weighted by molar-refractivity contribution is 6.66. The molecule has 2 aromatic rings. The summed E-state index contributed by atoms with van der Waals surface area (Å²) in [5, 5.41) is 0.560. The molecular formula is C10H5Cl4N3O. The molecule has 4 nitrogen and oxygen atoms in total. The molecule has 18 heavy (non-hydrogen) atoms. The first kappa shape index (κ1) is 13.6. The van der Waals surface area contributed by atoms with Crippen LogP contribution < -0.4 is 5.69 Å². The quantitative estimate of drug-likeness (QED) is 0.819. The van der Waals surface area contributed by atoms with Crippen molar-refractivity contribution in [3.8, 4) is 11.4 Å². The molecule has 2 rings (SSSR count). The van der Waals surface area contributed by atoms with Gasteiger partial charge in [0.2, 0.25) is 3.79 Å². The van der Waals surface area contributed by atoms with Crippen molar-refractivity contribution in [1.82, 2.24) is 15.0 Å². The Labute approximate surface area is 122 Å². The topological polar surface area (TPSA) is 58.6 Å². The number of aromatic nitrogens is 3. The van der Waals surface area contributed by atoms with Crippen molar-refractivity contribution in [2.45, 2.75) is 3.79 Å². The average molecular weight is 325 g/mol. The third kappa shape index (κ3) is 3.14. The minimum atomic E-state index is -1.82. The maximum Gasteiger partial charge on any atom is 0.348 e. The van der Waals surface area contributed by atoms with Crippen molar-refractivity contribution in [2.75, 3.05) is 0 Å². The molecule has 1 aromatic carbocycles. The third-order valence-corrected chi connectivity index (χ3v) is 2.81. The van der Waals surface area contributed by atoms with Crippen LogP contribution in [0.5, 0.6) is 0 Å². The van der Waals surface area contributed by atoms with Crippen LogP contribution in [-0.2, 0) is 3.79 Å². The molecule has 0 atom stereocenters. The fourth-order valence-electron chi connectivity index (χ4n) is 1.25. The Morgan fingerprint density at radius 3 is 2.22 bits per heavy atom. The lowest BCUT2D eigenvalue weighted by atomic mass is 10.2. The van der Waals surface area contributed by atoms with E-state index in [9.17, 15) is 4.79 Å². The van der Waals surface area contributed by atoms with E-state index >= 15 is 0 Å². The van der Waals surface area contributed by atoms with E-state index in [1.54, 1.807) is 24.3 Å². The van der Waals surface area contributed by atoms with Crippen LogP contribution in [0.4, 0.5) is 0 Å². The van der Waals surface area contributed by atoms with Gasteiger partial charge in [-0.25, -0.2) is 9.78 Å².